The minimum Gasteiger partial charge on any atom is -0.374 e. The largest absolute Gasteiger partial charge is 0.500 e. The normalized spacial score (nSPS) is 12.8. The van der Waals surface area contributed by atoms with Crippen molar-refractivity contribution in [2.75, 3.05) is 37.9 Å². The molecule has 2 amide bonds. The number of primary amides is 1. The van der Waals surface area contributed by atoms with Crippen LogP contribution in [-0.4, -0.2) is 58.5 Å². The fourth-order valence-corrected chi connectivity index (χ4v) is 5.76. The SMILES string of the molecule is CCO[Si](CCCNC(=O)CCSCC(C)C(N)=O)(OCC)OCC. The Labute approximate surface area is 157 Å². The summed E-state index contributed by atoms with van der Waals surface area (Å²) >= 11 is 1.57. The van der Waals surface area contributed by atoms with Crippen LogP contribution in [0.4, 0.5) is 0 Å². The van der Waals surface area contributed by atoms with Gasteiger partial charge < -0.3 is 24.3 Å². The molecule has 7 nitrogen and oxygen atoms in total. The highest BCUT2D eigenvalue weighted by Crippen LogP contribution is 2.17. The van der Waals surface area contributed by atoms with Gasteiger partial charge in [-0.15, -0.1) is 0 Å². The Morgan fingerprint density at radius 2 is 1.68 bits per heavy atom. The highest BCUT2D eigenvalue weighted by molar-refractivity contribution is 7.99. The van der Waals surface area contributed by atoms with Crippen LogP contribution >= 0.6 is 11.8 Å². The third-order valence-corrected chi connectivity index (χ3v) is 7.78. The van der Waals surface area contributed by atoms with Crippen molar-refractivity contribution in [2.45, 2.75) is 46.6 Å². The molecule has 0 heterocycles. The number of nitrogens with one attached hydrogen (secondary N) is 1. The Morgan fingerprint density at radius 3 is 2.16 bits per heavy atom. The van der Waals surface area contributed by atoms with Gasteiger partial charge in [0.25, 0.3) is 0 Å². The lowest BCUT2D eigenvalue weighted by atomic mass is 10.2. The van der Waals surface area contributed by atoms with Crippen molar-refractivity contribution < 1.29 is 22.9 Å². The van der Waals surface area contributed by atoms with Crippen molar-refractivity contribution in [1.29, 1.82) is 0 Å². The molecular formula is C16H34N2O5SSi. The average molecular weight is 395 g/mol. The molecule has 0 saturated carbocycles. The number of amides is 2. The van der Waals surface area contributed by atoms with E-state index in [1.165, 1.54) is 0 Å². The van der Waals surface area contributed by atoms with E-state index in [2.05, 4.69) is 5.32 Å². The minimum atomic E-state index is -2.62. The molecule has 0 bridgehead atoms. The van der Waals surface area contributed by atoms with E-state index in [1.54, 1.807) is 18.7 Å². The highest BCUT2D eigenvalue weighted by atomic mass is 32.2. The van der Waals surface area contributed by atoms with Gasteiger partial charge >= 0.3 is 8.80 Å². The monoisotopic (exact) mass is 394 g/mol. The van der Waals surface area contributed by atoms with Gasteiger partial charge in [-0.05, 0) is 27.2 Å². The number of hydrogen-bond donors (Lipinski definition) is 2. The van der Waals surface area contributed by atoms with Crippen LogP contribution in [0.5, 0.6) is 0 Å². The Bertz CT molecular complexity index is 371. The van der Waals surface area contributed by atoms with Crippen molar-refractivity contribution in [1.82, 2.24) is 5.32 Å². The molecule has 0 aliphatic rings. The number of rotatable bonds is 16. The zero-order valence-electron chi connectivity index (χ0n) is 16.0. The molecule has 9 heteroatoms. The van der Waals surface area contributed by atoms with Crippen LogP contribution in [0.1, 0.15) is 40.5 Å². The van der Waals surface area contributed by atoms with Crippen molar-refractivity contribution in [2.24, 2.45) is 11.7 Å². The second-order valence-corrected chi connectivity index (χ2v) is 9.45. The second kappa shape index (κ2) is 14.5. The van der Waals surface area contributed by atoms with E-state index in [4.69, 9.17) is 19.0 Å². The van der Waals surface area contributed by atoms with Crippen LogP contribution in [0.15, 0.2) is 0 Å². The maximum Gasteiger partial charge on any atom is 0.500 e. The molecule has 0 aliphatic heterocycles. The molecule has 1 atom stereocenters. The first kappa shape index (κ1) is 24.4. The van der Waals surface area contributed by atoms with Gasteiger partial charge in [-0.25, -0.2) is 0 Å². The average Bonchev–Trinajstić information content (AvgIpc) is 2.56. The molecule has 0 radical (unpaired) electrons. The molecule has 0 aliphatic carbocycles. The zero-order valence-corrected chi connectivity index (χ0v) is 17.8. The summed E-state index contributed by atoms with van der Waals surface area (Å²) in [5, 5.41) is 2.90. The maximum absolute atomic E-state index is 11.8. The fraction of sp³-hybridized carbons (Fsp3) is 0.875. The second-order valence-electron chi connectivity index (χ2n) is 5.56. The van der Waals surface area contributed by atoms with Gasteiger partial charge in [-0.2, -0.15) is 11.8 Å². The van der Waals surface area contributed by atoms with E-state index in [9.17, 15) is 9.59 Å². The van der Waals surface area contributed by atoms with Gasteiger partial charge in [0, 0.05) is 56.3 Å². The van der Waals surface area contributed by atoms with Crippen molar-refractivity contribution in [3.05, 3.63) is 0 Å². The van der Waals surface area contributed by atoms with Crippen LogP contribution < -0.4 is 11.1 Å². The molecule has 0 aromatic heterocycles. The van der Waals surface area contributed by atoms with Gasteiger partial charge in [0.2, 0.25) is 11.8 Å². The predicted octanol–water partition coefficient (Wildman–Crippen LogP) is 1.79. The lowest BCUT2D eigenvalue weighted by Crippen LogP contribution is -2.46. The third-order valence-electron chi connectivity index (χ3n) is 3.40. The molecule has 0 aromatic rings. The van der Waals surface area contributed by atoms with Crippen molar-refractivity contribution in [3.63, 3.8) is 0 Å². The molecule has 0 rings (SSSR count). The van der Waals surface area contributed by atoms with Gasteiger partial charge in [0.15, 0.2) is 0 Å². The van der Waals surface area contributed by atoms with E-state index in [1.807, 2.05) is 20.8 Å². The van der Waals surface area contributed by atoms with E-state index >= 15 is 0 Å². The first-order valence-electron chi connectivity index (χ1n) is 8.96. The lowest BCUT2D eigenvalue weighted by molar-refractivity contribution is -0.121. The Morgan fingerprint density at radius 1 is 1.12 bits per heavy atom. The van der Waals surface area contributed by atoms with Gasteiger partial charge in [0.05, 0.1) is 0 Å². The Kier molecular flexibility index (Phi) is 14.2. The molecule has 0 aromatic carbocycles. The molecule has 0 saturated heterocycles. The van der Waals surface area contributed by atoms with Crippen LogP contribution in [0.3, 0.4) is 0 Å². The van der Waals surface area contributed by atoms with E-state index in [-0.39, 0.29) is 17.7 Å². The summed E-state index contributed by atoms with van der Waals surface area (Å²) in [6.07, 6.45) is 1.19. The summed E-state index contributed by atoms with van der Waals surface area (Å²) in [6, 6.07) is 0.688. The first-order chi connectivity index (χ1) is 11.9. The topological polar surface area (TPSA) is 99.9 Å². The number of thioether (sulfide) groups is 1. The molecule has 0 fully saturated rings. The number of hydrogen-bond acceptors (Lipinski definition) is 6. The van der Waals surface area contributed by atoms with Gasteiger partial charge in [-0.3, -0.25) is 9.59 Å². The summed E-state index contributed by atoms with van der Waals surface area (Å²) < 4.78 is 17.3. The Hall–Kier alpha value is -0.613. The van der Waals surface area contributed by atoms with Gasteiger partial charge in [-0.1, -0.05) is 6.92 Å². The molecular weight excluding hydrogens is 360 g/mol. The van der Waals surface area contributed by atoms with Gasteiger partial charge in [0.1, 0.15) is 0 Å². The highest BCUT2D eigenvalue weighted by Gasteiger charge is 2.39. The van der Waals surface area contributed by atoms with Crippen molar-refractivity contribution in [3.8, 4) is 0 Å². The maximum atomic E-state index is 11.8. The molecule has 0 spiro atoms. The summed E-state index contributed by atoms with van der Waals surface area (Å²) in [5.74, 6) is 0.868. The Balaban J connectivity index is 3.99. The van der Waals surface area contributed by atoms with E-state index < -0.39 is 8.80 Å². The summed E-state index contributed by atoms with van der Waals surface area (Å²) in [6.45, 7) is 9.82. The van der Waals surface area contributed by atoms with Crippen molar-refractivity contribution >= 4 is 32.4 Å². The third kappa shape index (κ3) is 11.6. The molecule has 3 N–H and O–H groups in total. The summed E-state index contributed by atoms with van der Waals surface area (Å²) in [4.78, 5) is 22.7. The van der Waals surface area contributed by atoms with Crippen LogP contribution in [0, 0.1) is 5.92 Å². The van der Waals surface area contributed by atoms with E-state index in [0.717, 1.165) is 6.42 Å². The fourth-order valence-electron chi connectivity index (χ4n) is 2.13. The summed E-state index contributed by atoms with van der Waals surface area (Å²) in [7, 11) is -2.62. The molecule has 148 valence electrons. The van der Waals surface area contributed by atoms with Crippen LogP contribution in [0.2, 0.25) is 6.04 Å². The smallest absolute Gasteiger partial charge is 0.374 e. The lowest BCUT2D eigenvalue weighted by Gasteiger charge is -2.28. The number of carbonyl (C=O) groups excluding carboxylic acids is 2. The minimum absolute atomic E-state index is 0.00993. The summed E-state index contributed by atoms with van der Waals surface area (Å²) in [5.41, 5.74) is 5.20. The number of nitrogens with two attached hydrogens (primary N) is 1. The van der Waals surface area contributed by atoms with Crippen LogP contribution in [0.25, 0.3) is 0 Å². The van der Waals surface area contributed by atoms with Crippen LogP contribution in [-0.2, 0) is 22.9 Å². The number of carbonyl (C=O) groups is 2. The van der Waals surface area contributed by atoms with E-state index in [0.29, 0.717) is 50.3 Å². The first-order valence-corrected chi connectivity index (χ1v) is 12.0. The molecule has 25 heavy (non-hydrogen) atoms. The standard InChI is InChI=1S/C16H34N2O5SSi/c1-5-21-25(22-6-2,23-7-3)12-8-10-18-15(19)9-11-24-13-14(4)16(17)20/h14H,5-13H2,1-4H3,(H2,17,20)(H,18,19). The molecule has 1 unspecified atom stereocenters. The zero-order chi connectivity index (χ0) is 19.1. The quantitative estimate of drug-likeness (QED) is 0.306. The predicted molar refractivity (Wildman–Crippen MR) is 103 cm³/mol.